The molecule has 2 aliphatic carbocycles. The van der Waals surface area contributed by atoms with Crippen molar-refractivity contribution in [3.05, 3.63) is 0 Å². The molecule has 2 unspecified atom stereocenters. The summed E-state index contributed by atoms with van der Waals surface area (Å²) in [7, 11) is 0. The standard InChI is InChI=1S/C16H30N2O2/c1-4-20-13-11-16(17,15(13,2)3)14(19)18-10-9-12-7-5-6-8-12/h12-13H,4-11,17H2,1-3H3,(H,18,19). The van der Waals surface area contributed by atoms with Crippen molar-refractivity contribution in [2.75, 3.05) is 13.2 Å². The Labute approximate surface area is 122 Å². The zero-order valence-electron chi connectivity index (χ0n) is 13.2. The van der Waals surface area contributed by atoms with Crippen molar-refractivity contribution in [2.24, 2.45) is 17.1 Å². The molecule has 4 nitrogen and oxygen atoms in total. The summed E-state index contributed by atoms with van der Waals surface area (Å²) in [4.78, 5) is 12.4. The molecule has 0 aliphatic heterocycles. The Hall–Kier alpha value is -0.610. The van der Waals surface area contributed by atoms with Gasteiger partial charge in [0.15, 0.2) is 0 Å². The number of rotatable bonds is 6. The van der Waals surface area contributed by atoms with Crippen molar-refractivity contribution in [3.63, 3.8) is 0 Å². The Kier molecular flexibility index (Phi) is 4.75. The van der Waals surface area contributed by atoms with Crippen LogP contribution in [0.2, 0.25) is 0 Å². The summed E-state index contributed by atoms with van der Waals surface area (Å²) in [6.45, 7) is 7.49. The van der Waals surface area contributed by atoms with Gasteiger partial charge in [0.1, 0.15) is 5.54 Å². The van der Waals surface area contributed by atoms with E-state index in [0.717, 1.165) is 18.9 Å². The number of amides is 1. The minimum Gasteiger partial charge on any atom is -0.378 e. The van der Waals surface area contributed by atoms with E-state index in [-0.39, 0.29) is 17.4 Å². The number of ether oxygens (including phenoxy) is 1. The molecule has 0 heterocycles. The molecular formula is C16H30N2O2. The fraction of sp³-hybridized carbons (Fsp3) is 0.938. The summed E-state index contributed by atoms with van der Waals surface area (Å²) in [5, 5.41) is 3.05. The van der Waals surface area contributed by atoms with Crippen LogP contribution in [0.4, 0.5) is 0 Å². The Morgan fingerprint density at radius 3 is 2.55 bits per heavy atom. The molecule has 0 aromatic rings. The van der Waals surface area contributed by atoms with Crippen molar-refractivity contribution >= 4 is 5.91 Å². The highest BCUT2D eigenvalue weighted by atomic mass is 16.5. The number of hydrogen-bond acceptors (Lipinski definition) is 3. The molecule has 1 amide bonds. The minimum atomic E-state index is -0.775. The molecule has 0 bridgehead atoms. The maximum Gasteiger partial charge on any atom is 0.240 e. The number of hydrogen-bond donors (Lipinski definition) is 2. The zero-order chi connectivity index (χ0) is 14.8. The molecule has 0 aromatic heterocycles. The van der Waals surface area contributed by atoms with Gasteiger partial charge < -0.3 is 15.8 Å². The van der Waals surface area contributed by atoms with Gasteiger partial charge in [-0.1, -0.05) is 39.5 Å². The zero-order valence-corrected chi connectivity index (χ0v) is 13.2. The summed E-state index contributed by atoms with van der Waals surface area (Å²) in [5.74, 6) is 0.797. The molecule has 2 atom stereocenters. The van der Waals surface area contributed by atoms with Gasteiger partial charge >= 0.3 is 0 Å². The first-order chi connectivity index (χ1) is 9.41. The van der Waals surface area contributed by atoms with Gasteiger partial charge in [-0.05, 0) is 19.3 Å². The van der Waals surface area contributed by atoms with Gasteiger partial charge in [-0.25, -0.2) is 0 Å². The second-order valence-corrected chi connectivity index (χ2v) is 7.04. The van der Waals surface area contributed by atoms with Crippen LogP contribution in [-0.2, 0) is 9.53 Å². The van der Waals surface area contributed by atoms with E-state index in [1.807, 2.05) is 20.8 Å². The highest BCUT2D eigenvalue weighted by molar-refractivity contribution is 5.88. The fourth-order valence-corrected chi connectivity index (χ4v) is 3.67. The van der Waals surface area contributed by atoms with Gasteiger partial charge in [0.2, 0.25) is 5.91 Å². The topological polar surface area (TPSA) is 64.3 Å². The largest absolute Gasteiger partial charge is 0.378 e. The van der Waals surface area contributed by atoms with Crippen LogP contribution in [0.15, 0.2) is 0 Å². The molecule has 2 rings (SSSR count). The smallest absolute Gasteiger partial charge is 0.240 e. The summed E-state index contributed by atoms with van der Waals surface area (Å²) in [6.07, 6.45) is 7.16. The number of nitrogens with one attached hydrogen (secondary N) is 1. The summed E-state index contributed by atoms with van der Waals surface area (Å²) in [6, 6.07) is 0. The van der Waals surface area contributed by atoms with E-state index in [0.29, 0.717) is 13.0 Å². The Morgan fingerprint density at radius 1 is 1.35 bits per heavy atom. The highest BCUT2D eigenvalue weighted by Gasteiger charge is 2.62. The lowest BCUT2D eigenvalue weighted by atomic mass is 9.54. The predicted molar refractivity (Wildman–Crippen MR) is 80.3 cm³/mol. The van der Waals surface area contributed by atoms with E-state index in [1.54, 1.807) is 0 Å². The summed E-state index contributed by atoms with van der Waals surface area (Å²) < 4.78 is 5.66. The first-order valence-corrected chi connectivity index (χ1v) is 8.10. The molecular weight excluding hydrogens is 252 g/mol. The van der Waals surface area contributed by atoms with Crippen LogP contribution in [0.25, 0.3) is 0 Å². The molecule has 116 valence electrons. The molecule has 2 aliphatic rings. The van der Waals surface area contributed by atoms with E-state index < -0.39 is 5.54 Å². The van der Waals surface area contributed by atoms with Crippen LogP contribution >= 0.6 is 0 Å². The summed E-state index contributed by atoms with van der Waals surface area (Å²) >= 11 is 0. The van der Waals surface area contributed by atoms with Crippen LogP contribution < -0.4 is 11.1 Å². The van der Waals surface area contributed by atoms with E-state index in [9.17, 15) is 4.79 Å². The maximum atomic E-state index is 12.4. The average molecular weight is 282 g/mol. The Bertz CT molecular complexity index is 350. The summed E-state index contributed by atoms with van der Waals surface area (Å²) in [5.41, 5.74) is 5.28. The first-order valence-electron chi connectivity index (χ1n) is 8.10. The first kappa shape index (κ1) is 15.8. The molecule has 4 heteroatoms. The second-order valence-electron chi connectivity index (χ2n) is 7.04. The minimum absolute atomic E-state index is 0.00329. The molecule has 2 fully saturated rings. The molecule has 0 aromatic carbocycles. The lowest BCUT2D eigenvalue weighted by Gasteiger charge is -2.57. The third-order valence-corrected chi connectivity index (χ3v) is 5.55. The second kappa shape index (κ2) is 6.02. The Balaban J connectivity index is 1.79. The Morgan fingerprint density at radius 2 is 2.00 bits per heavy atom. The lowest BCUT2D eigenvalue weighted by Crippen LogP contribution is -2.75. The van der Waals surface area contributed by atoms with Gasteiger partial charge in [-0.2, -0.15) is 0 Å². The van der Waals surface area contributed by atoms with Crippen molar-refractivity contribution in [2.45, 2.75) is 70.9 Å². The van der Waals surface area contributed by atoms with Crippen LogP contribution in [0.3, 0.4) is 0 Å². The van der Waals surface area contributed by atoms with Crippen LogP contribution in [0.5, 0.6) is 0 Å². The van der Waals surface area contributed by atoms with E-state index in [1.165, 1.54) is 25.7 Å². The van der Waals surface area contributed by atoms with E-state index >= 15 is 0 Å². The SMILES string of the molecule is CCOC1CC(N)(C(=O)NCCC2CCCC2)C1(C)C. The van der Waals surface area contributed by atoms with Crippen molar-refractivity contribution in [3.8, 4) is 0 Å². The molecule has 0 spiro atoms. The third-order valence-electron chi connectivity index (χ3n) is 5.55. The third kappa shape index (κ3) is 2.73. The molecule has 3 N–H and O–H groups in total. The molecule has 2 saturated carbocycles. The fourth-order valence-electron chi connectivity index (χ4n) is 3.67. The molecule has 0 saturated heterocycles. The highest BCUT2D eigenvalue weighted by Crippen LogP contribution is 2.49. The lowest BCUT2D eigenvalue weighted by molar-refractivity contribution is -0.170. The van der Waals surface area contributed by atoms with Gasteiger partial charge in [-0.3, -0.25) is 4.79 Å². The van der Waals surface area contributed by atoms with E-state index in [4.69, 9.17) is 10.5 Å². The van der Waals surface area contributed by atoms with Gasteiger partial charge in [0, 0.05) is 25.0 Å². The van der Waals surface area contributed by atoms with Gasteiger partial charge in [-0.15, -0.1) is 0 Å². The van der Waals surface area contributed by atoms with Crippen LogP contribution in [0, 0.1) is 11.3 Å². The van der Waals surface area contributed by atoms with Gasteiger partial charge in [0.25, 0.3) is 0 Å². The predicted octanol–water partition coefficient (Wildman–Crippen LogP) is 2.22. The molecule has 20 heavy (non-hydrogen) atoms. The molecule has 0 radical (unpaired) electrons. The van der Waals surface area contributed by atoms with Crippen molar-refractivity contribution in [1.29, 1.82) is 0 Å². The van der Waals surface area contributed by atoms with Gasteiger partial charge in [0.05, 0.1) is 6.10 Å². The van der Waals surface area contributed by atoms with Crippen LogP contribution in [-0.4, -0.2) is 30.7 Å². The number of carbonyl (C=O) groups excluding carboxylic acids is 1. The van der Waals surface area contributed by atoms with Crippen molar-refractivity contribution < 1.29 is 9.53 Å². The van der Waals surface area contributed by atoms with Crippen LogP contribution in [0.1, 0.15) is 59.3 Å². The van der Waals surface area contributed by atoms with E-state index in [2.05, 4.69) is 5.32 Å². The normalized spacial score (nSPS) is 32.9. The monoisotopic (exact) mass is 282 g/mol. The number of carbonyl (C=O) groups is 1. The quantitative estimate of drug-likeness (QED) is 0.785. The number of nitrogens with two attached hydrogens (primary N) is 1. The maximum absolute atomic E-state index is 12.4. The average Bonchev–Trinajstić information content (AvgIpc) is 2.91. The van der Waals surface area contributed by atoms with Crippen molar-refractivity contribution in [1.82, 2.24) is 5.32 Å².